The number of rotatable bonds is 6. The molecule has 3 rings (SSSR count). The number of sulfone groups is 1. The van der Waals surface area contributed by atoms with Gasteiger partial charge in [0.25, 0.3) is 5.56 Å². The summed E-state index contributed by atoms with van der Waals surface area (Å²) in [7, 11) is -4.05. The van der Waals surface area contributed by atoms with Gasteiger partial charge in [-0.3, -0.25) is 9.59 Å². The highest BCUT2D eigenvalue weighted by atomic mass is 32.2. The number of pyridine rings is 1. The van der Waals surface area contributed by atoms with E-state index in [1.807, 2.05) is 38.3 Å². The summed E-state index contributed by atoms with van der Waals surface area (Å²) in [5.41, 5.74) is 2.57. The zero-order chi connectivity index (χ0) is 23.6. The molecule has 1 amide bonds. The summed E-state index contributed by atoms with van der Waals surface area (Å²) in [5, 5.41) is 2.78. The molecule has 0 fully saturated rings. The van der Waals surface area contributed by atoms with Crippen LogP contribution in [0.1, 0.15) is 22.4 Å². The van der Waals surface area contributed by atoms with Gasteiger partial charge in [0.05, 0.1) is 4.90 Å². The number of carbonyl (C=O) groups excluding carboxylic acids is 1. The van der Waals surface area contributed by atoms with Gasteiger partial charge in [0, 0.05) is 16.3 Å². The molecule has 0 aliphatic carbocycles. The number of hydrogen-bond acceptors (Lipinski definition) is 5. The van der Waals surface area contributed by atoms with Gasteiger partial charge in [0.15, 0.2) is 0 Å². The van der Waals surface area contributed by atoms with Crippen molar-refractivity contribution in [3.05, 3.63) is 81.3 Å². The first-order valence-electron chi connectivity index (χ1n) is 10.0. The van der Waals surface area contributed by atoms with Crippen LogP contribution in [0.25, 0.3) is 0 Å². The number of carbonyl (C=O) groups is 1. The highest BCUT2D eigenvalue weighted by Crippen LogP contribution is 2.24. The highest BCUT2D eigenvalue weighted by Gasteiger charge is 2.26. The summed E-state index contributed by atoms with van der Waals surface area (Å²) in [5.74, 6) is -0.410. The molecule has 0 saturated heterocycles. The van der Waals surface area contributed by atoms with Gasteiger partial charge in [0.1, 0.15) is 11.4 Å². The second kappa shape index (κ2) is 9.34. The number of anilines is 1. The van der Waals surface area contributed by atoms with E-state index in [-0.39, 0.29) is 16.3 Å². The molecule has 0 saturated carbocycles. The lowest BCUT2D eigenvalue weighted by atomic mass is 10.1. The zero-order valence-corrected chi connectivity index (χ0v) is 20.4. The SMILES string of the molecule is CSc1cccc(NC(=O)Cn2c(C)cc(C)c(S(=O)(=O)c3ccc(C)c(C)c3)c2=O)c1. The molecule has 32 heavy (non-hydrogen) atoms. The van der Waals surface area contributed by atoms with E-state index >= 15 is 0 Å². The maximum absolute atomic E-state index is 13.3. The molecular formula is C24H26N2O4S2. The van der Waals surface area contributed by atoms with Crippen LogP contribution in [0.3, 0.4) is 0 Å². The van der Waals surface area contributed by atoms with Crippen molar-refractivity contribution in [2.75, 3.05) is 11.6 Å². The number of aryl methyl sites for hydroxylation is 4. The maximum Gasteiger partial charge on any atom is 0.270 e. The van der Waals surface area contributed by atoms with E-state index in [1.165, 1.54) is 10.6 Å². The van der Waals surface area contributed by atoms with Crippen molar-refractivity contribution in [1.29, 1.82) is 0 Å². The average molecular weight is 471 g/mol. The zero-order valence-electron chi connectivity index (χ0n) is 18.7. The molecule has 0 aliphatic heterocycles. The van der Waals surface area contributed by atoms with Gasteiger partial charge in [0.2, 0.25) is 15.7 Å². The predicted molar refractivity (Wildman–Crippen MR) is 128 cm³/mol. The molecule has 0 atom stereocenters. The number of aromatic nitrogens is 1. The first-order chi connectivity index (χ1) is 15.0. The van der Waals surface area contributed by atoms with E-state index in [0.717, 1.165) is 16.0 Å². The fourth-order valence-electron chi connectivity index (χ4n) is 3.48. The Labute approximate surface area is 192 Å². The van der Waals surface area contributed by atoms with Crippen molar-refractivity contribution in [1.82, 2.24) is 4.57 Å². The molecule has 0 spiro atoms. The molecule has 0 aliphatic rings. The number of amides is 1. The number of thioether (sulfide) groups is 1. The number of benzene rings is 2. The largest absolute Gasteiger partial charge is 0.324 e. The van der Waals surface area contributed by atoms with Gasteiger partial charge >= 0.3 is 0 Å². The monoisotopic (exact) mass is 470 g/mol. The minimum atomic E-state index is -4.05. The summed E-state index contributed by atoms with van der Waals surface area (Å²) in [6.07, 6.45) is 1.94. The summed E-state index contributed by atoms with van der Waals surface area (Å²) < 4.78 is 27.9. The lowest BCUT2D eigenvalue weighted by Crippen LogP contribution is -2.33. The molecule has 168 valence electrons. The molecule has 2 aromatic carbocycles. The molecule has 0 unspecified atom stereocenters. The Morgan fingerprint density at radius 1 is 0.969 bits per heavy atom. The topological polar surface area (TPSA) is 85.2 Å². The Kier molecular flexibility index (Phi) is 6.95. The summed E-state index contributed by atoms with van der Waals surface area (Å²) in [6.45, 7) is 6.71. The molecule has 1 N–H and O–H groups in total. The minimum absolute atomic E-state index is 0.0644. The summed E-state index contributed by atoms with van der Waals surface area (Å²) in [4.78, 5) is 26.7. The lowest BCUT2D eigenvalue weighted by molar-refractivity contribution is -0.116. The van der Waals surface area contributed by atoms with Gasteiger partial charge in [-0.05, 0) is 87.0 Å². The lowest BCUT2D eigenvalue weighted by Gasteiger charge is -2.15. The van der Waals surface area contributed by atoms with Crippen LogP contribution in [0.4, 0.5) is 5.69 Å². The van der Waals surface area contributed by atoms with Crippen LogP contribution in [-0.4, -0.2) is 25.1 Å². The summed E-state index contributed by atoms with van der Waals surface area (Å²) >= 11 is 1.55. The molecule has 1 heterocycles. The second-order valence-corrected chi connectivity index (χ2v) is 10.5. The van der Waals surface area contributed by atoms with Crippen molar-refractivity contribution in [3.63, 3.8) is 0 Å². The van der Waals surface area contributed by atoms with Crippen molar-refractivity contribution >= 4 is 33.2 Å². The van der Waals surface area contributed by atoms with E-state index in [0.29, 0.717) is 16.9 Å². The first-order valence-corrected chi connectivity index (χ1v) is 12.7. The standard InChI is InChI=1S/C24H26N2O4S2/c1-15-9-10-21(12-16(15)2)32(29,30)23-17(3)11-18(4)26(24(23)28)14-22(27)25-19-7-6-8-20(13-19)31-5/h6-13H,14H2,1-5H3,(H,25,27). The van der Waals surface area contributed by atoms with Crippen LogP contribution in [0.5, 0.6) is 0 Å². The van der Waals surface area contributed by atoms with Gasteiger partial charge < -0.3 is 9.88 Å². The molecule has 3 aromatic rings. The van der Waals surface area contributed by atoms with Crippen LogP contribution in [0.2, 0.25) is 0 Å². The minimum Gasteiger partial charge on any atom is -0.324 e. The van der Waals surface area contributed by atoms with Crippen LogP contribution >= 0.6 is 11.8 Å². The first kappa shape index (κ1) is 23.8. The van der Waals surface area contributed by atoms with Gasteiger partial charge in [-0.25, -0.2) is 8.42 Å². The van der Waals surface area contributed by atoms with Crippen LogP contribution in [0, 0.1) is 27.7 Å². The van der Waals surface area contributed by atoms with Crippen LogP contribution < -0.4 is 10.9 Å². The number of hydrogen-bond donors (Lipinski definition) is 1. The van der Waals surface area contributed by atoms with Crippen LogP contribution in [0.15, 0.2) is 68.0 Å². The maximum atomic E-state index is 13.3. The molecular weight excluding hydrogens is 444 g/mol. The van der Waals surface area contributed by atoms with E-state index < -0.39 is 21.3 Å². The summed E-state index contributed by atoms with van der Waals surface area (Å²) in [6, 6.07) is 13.8. The predicted octanol–water partition coefficient (Wildman–Crippen LogP) is 4.28. The van der Waals surface area contributed by atoms with E-state index in [4.69, 9.17) is 0 Å². The third-order valence-electron chi connectivity index (χ3n) is 5.36. The molecule has 0 bridgehead atoms. The Balaban J connectivity index is 2.00. The normalized spacial score (nSPS) is 11.4. The van der Waals surface area contributed by atoms with Crippen molar-refractivity contribution in [3.8, 4) is 0 Å². The molecule has 1 aromatic heterocycles. The number of nitrogens with one attached hydrogen (secondary N) is 1. The van der Waals surface area contributed by atoms with Crippen molar-refractivity contribution < 1.29 is 13.2 Å². The van der Waals surface area contributed by atoms with Crippen molar-refractivity contribution in [2.45, 2.75) is 48.9 Å². The number of nitrogens with zero attached hydrogens (tertiary/aromatic N) is 1. The molecule has 6 nitrogen and oxygen atoms in total. The highest BCUT2D eigenvalue weighted by molar-refractivity contribution is 7.98. The van der Waals surface area contributed by atoms with E-state index in [9.17, 15) is 18.0 Å². The fraction of sp³-hybridized carbons (Fsp3) is 0.250. The second-order valence-electron chi connectivity index (χ2n) is 7.72. The van der Waals surface area contributed by atoms with Crippen molar-refractivity contribution in [2.24, 2.45) is 0 Å². The quantitative estimate of drug-likeness (QED) is 0.544. The van der Waals surface area contributed by atoms with Gasteiger partial charge in [-0.2, -0.15) is 0 Å². The Bertz CT molecular complexity index is 1360. The molecule has 8 heteroatoms. The molecule has 0 radical (unpaired) electrons. The Morgan fingerprint density at radius 3 is 2.34 bits per heavy atom. The van der Waals surface area contributed by atoms with Gasteiger partial charge in [-0.15, -0.1) is 11.8 Å². The van der Waals surface area contributed by atoms with E-state index in [2.05, 4.69) is 5.32 Å². The smallest absolute Gasteiger partial charge is 0.270 e. The fourth-order valence-corrected chi connectivity index (χ4v) is 5.57. The third-order valence-corrected chi connectivity index (χ3v) is 8.00. The van der Waals surface area contributed by atoms with E-state index in [1.54, 1.807) is 49.9 Å². The van der Waals surface area contributed by atoms with Crippen LogP contribution in [-0.2, 0) is 21.2 Å². The Hall–Kier alpha value is -2.84. The van der Waals surface area contributed by atoms with Gasteiger partial charge in [-0.1, -0.05) is 12.1 Å². The average Bonchev–Trinajstić information content (AvgIpc) is 2.72. The third kappa shape index (κ3) is 4.81. The Morgan fingerprint density at radius 2 is 1.69 bits per heavy atom.